The molecule has 2 heterocycles. The quantitative estimate of drug-likeness (QED) is 0.426. The van der Waals surface area contributed by atoms with Crippen molar-refractivity contribution in [3.63, 3.8) is 0 Å². The van der Waals surface area contributed by atoms with Crippen LogP contribution in [-0.4, -0.2) is 33.6 Å². The summed E-state index contributed by atoms with van der Waals surface area (Å²) in [6, 6.07) is 16.8. The van der Waals surface area contributed by atoms with E-state index in [1.165, 1.54) is 11.1 Å². The summed E-state index contributed by atoms with van der Waals surface area (Å²) in [5, 5.41) is 8.43. The minimum Gasteiger partial charge on any atom is -0.490 e. The molecule has 0 fully saturated rings. The molecule has 0 saturated carbocycles. The molecule has 2 aromatic carbocycles. The molecule has 5 nitrogen and oxygen atoms in total. The van der Waals surface area contributed by atoms with Gasteiger partial charge < -0.3 is 10.5 Å². The number of nitrogens with two attached hydrogens (primary N) is 1. The van der Waals surface area contributed by atoms with Gasteiger partial charge in [-0.1, -0.05) is 35.9 Å². The number of H-pyrrole nitrogens is 1. The normalized spacial score (nSPS) is 12.2. The van der Waals surface area contributed by atoms with Gasteiger partial charge in [0.2, 0.25) is 0 Å². The second kappa shape index (κ2) is 9.32. The highest BCUT2D eigenvalue weighted by atomic mass is 32.2. The van der Waals surface area contributed by atoms with Gasteiger partial charge in [-0.05, 0) is 43.2 Å². The molecule has 0 amide bonds. The van der Waals surface area contributed by atoms with Gasteiger partial charge in [0.15, 0.2) is 0 Å². The van der Waals surface area contributed by atoms with Crippen LogP contribution in [-0.2, 0) is 5.75 Å². The summed E-state index contributed by atoms with van der Waals surface area (Å²) in [6.07, 6.45) is 3.58. The standard InChI is InChI=1S/C24H26N4OS/c1-16-3-5-18(6-4-16)14-30-15-21(25)13-29-22-9-20(11-26-12-22)19-7-8-24-23(10-19)17(2)27-28-24/h3-12,21H,13-15,25H2,1-2H3,(H,27,28)/t21-/m1/s1. The molecule has 0 radical (unpaired) electrons. The van der Waals surface area contributed by atoms with Crippen LogP contribution in [0.25, 0.3) is 22.0 Å². The molecule has 0 aliphatic carbocycles. The number of pyridine rings is 1. The highest BCUT2D eigenvalue weighted by Crippen LogP contribution is 2.27. The molecule has 0 bridgehead atoms. The lowest BCUT2D eigenvalue weighted by molar-refractivity contribution is 0.297. The average molecular weight is 419 g/mol. The van der Waals surface area contributed by atoms with Crippen molar-refractivity contribution in [3.8, 4) is 16.9 Å². The van der Waals surface area contributed by atoms with Gasteiger partial charge >= 0.3 is 0 Å². The number of nitrogens with zero attached hydrogens (tertiary/aromatic N) is 2. The summed E-state index contributed by atoms with van der Waals surface area (Å²) in [5.74, 6) is 2.54. The van der Waals surface area contributed by atoms with Crippen LogP contribution in [0.4, 0.5) is 0 Å². The van der Waals surface area contributed by atoms with Gasteiger partial charge in [-0.25, -0.2) is 0 Å². The van der Waals surface area contributed by atoms with Crippen molar-refractivity contribution in [2.75, 3.05) is 12.4 Å². The van der Waals surface area contributed by atoms with Crippen molar-refractivity contribution in [2.24, 2.45) is 5.73 Å². The number of ether oxygens (including phenoxy) is 1. The fourth-order valence-electron chi connectivity index (χ4n) is 3.24. The van der Waals surface area contributed by atoms with E-state index in [0.29, 0.717) is 6.61 Å². The zero-order valence-electron chi connectivity index (χ0n) is 17.3. The molecule has 3 N–H and O–H groups in total. The molecule has 0 aliphatic heterocycles. The number of aryl methyl sites for hydroxylation is 2. The van der Waals surface area contributed by atoms with Crippen LogP contribution < -0.4 is 10.5 Å². The maximum absolute atomic E-state index is 6.25. The average Bonchev–Trinajstić information content (AvgIpc) is 3.14. The van der Waals surface area contributed by atoms with Gasteiger partial charge in [-0.2, -0.15) is 16.9 Å². The van der Waals surface area contributed by atoms with E-state index in [-0.39, 0.29) is 6.04 Å². The Bertz CT molecular complexity index is 1120. The summed E-state index contributed by atoms with van der Waals surface area (Å²) < 4.78 is 5.93. The Hall–Kier alpha value is -2.83. The fraction of sp³-hybridized carbons (Fsp3) is 0.250. The van der Waals surface area contributed by atoms with E-state index in [1.807, 2.05) is 37.0 Å². The van der Waals surface area contributed by atoms with Crippen LogP contribution in [0.1, 0.15) is 16.8 Å². The predicted octanol–water partition coefficient (Wildman–Crippen LogP) is 4.88. The first-order valence-corrected chi connectivity index (χ1v) is 11.2. The van der Waals surface area contributed by atoms with Crippen molar-refractivity contribution in [1.29, 1.82) is 0 Å². The Morgan fingerprint density at radius 1 is 1.03 bits per heavy atom. The monoisotopic (exact) mass is 418 g/mol. The van der Waals surface area contributed by atoms with Crippen LogP contribution in [0.3, 0.4) is 0 Å². The fourth-order valence-corrected chi connectivity index (χ4v) is 4.18. The maximum atomic E-state index is 6.25. The molecule has 4 aromatic rings. The minimum absolute atomic E-state index is 0.0333. The van der Waals surface area contributed by atoms with Crippen LogP contribution in [0.2, 0.25) is 0 Å². The van der Waals surface area contributed by atoms with E-state index in [9.17, 15) is 0 Å². The molecule has 0 spiro atoms. The number of aromatic amines is 1. The SMILES string of the molecule is Cc1ccc(CSC[C@H](N)COc2cncc(-c3ccc4n[nH]c(C)c4c3)c2)cc1. The smallest absolute Gasteiger partial charge is 0.138 e. The third kappa shape index (κ3) is 5.01. The Morgan fingerprint density at radius 3 is 2.70 bits per heavy atom. The van der Waals surface area contributed by atoms with Crippen LogP contribution in [0.15, 0.2) is 60.9 Å². The first-order valence-electron chi connectivity index (χ1n) is 10.0. The lowest BCUT2D eigenvalue weighted by atomic mass is 10.0. The van der Waals surface area contributed by atoms with Gasteiger partial charge in [0, 0.05) is 40.4 Å². The number of aromatic nitrogens is 3. The number of benzene rings is 2. The summed E-state index contributed by atoms with van der Waals surface area (Å²) in [6.45, 7) is 4.59. The van der Waals surface area contributed by atoms with Crippen molar-refractivity contribution in [2.45, 2.75) is 25.6 Å². The Balaban J connectivity index is 1.32. The van der Waals surface area contributed by atoms with E-state index in [0.717, 1.165) is 45.0 Å². The zero-order valence-corrected chi connectivity index (χ0v) is 18.1. The van der Waals surface area contributed by atoms with E-state index >= 15 is 0 Å². The largest absolute Gasteiger partial charge is 0.490 e. The Morgan fingerprint density at radius 2 is 1.87 bits per heavy atom. The first-order chi connectivity index (χ1) is 14.6. The Labute approximate surface area is 181 Å². The molecule has 154 valence electrons. The Kier molecular flexibility index (Phi) is 6.35. The molecular weight excluding hydrogens is 392 g/mol. The highest BCUT2D eigenvalue weighted by Gasteiger charge is 2.08. The third-order valence-electron chi connectivity index (χ3n) is 4.98. The van der Waals surface area contributed by atoms with E-state index in [1.54, 1.807) is 6.20 Å². The third-order valence-corrected chi connectivity index (χ3v) is 6.18. The van der Waals surface area contributed by atoms with Gasteiger partial charge in [0.05, 0.1) is 11.7 Å². The molecule has 30 heavy (non-hydrogen) atoms. The second-order valence-electron chi connectivity index (χ2n) is 7.56. The molecular formula is C24H26N4OS. The molecule has 6 heteroatoms. The summed E-state index contributed by atoms with van der Waals surface area (Å²) in [7, 11) is 0. The van der Waals surface area contributed by atoms with Crippen LogP contribution in [0, 0.1) is 13.8 Å². The zero-order chi connectivity index (χ0) is 20.9. The molecule has 0 saturated heterocycles. The number of hydrogen-bond acceptors (Lipinski definition) is 5. The lowest BCUT2D eigenvalue weighted by Crippen LogP contribution is -2.30. The van der Waals surface area contributed by atoms with E-state index in [4.69, 9.17) is 10.5 Å². The van der Waals surface area contributed by atoms with E-state index in [2.05, 4.69) is 58.5 Å². The summed E-state index contributed by atoms with van der Waals surface area (Å²) in [4.78, 5) is 4.34. The second-order valence-corrected chi connectivity index (χ2v) is 8.59. The minimum atomic E-state index is -0.0333. The molecule has 4 rings (SSSR count). The molecule has 1 atom stereocenters. The van der Waals surface area contributed by atoms with Gasteiger partial charge in [0.1, 0.15) is 12.4 Å². The number of fused-ring (bicyclic) bond motifs is 1. The first kappa shape index (κ1) is 20.4. The van der Waals surface area contributed by atoms with Crippen LogP contribution in [0.5, 0.6) is 5.75 Å². The number of nitrogens with one attached hydrogen (secondary N) is 1. The van der Waals surface area contributed by atoms with Crippen molar-refractivity contribution < 1.29 is 4.74 Å². The topological polar surface area (TPSA) is 76.8 Å². The number of thioether (sulfide) groups is 1. The molecule has 2 aromatic heterocycles. The maximum Gasteiger partial charge on any atom is 0.138 e. The number of rotatable bonds is 8. The summed E-state index contributed by atoms with van der Waals surface area (Å²) >= 11 is 1.83. The van der Waals surface area contributed by atoms with E-state index < -0.39 is 0 Å². The lowest BCUT2D eigenvalue weighted by Gasteiger charge is -2.13. The van der Waals surface area contributed by atoms with Gasteiger partial charge in [-0.3, -0.25) is 10.1 Å². The van der Waals surface area contributed by atoms with Crippen LogP contribution >= 0.6 is 11.8 Å². The number of hydrogen-bond donors (Lipinski definition) is 2. The van der Waals surface area contributed by atoms with Crippen molar-refractivity contribution in [1.82, 2.24) is 15.2 Å². The molecule has 0 unspecified atom stereocenters. The predicted molar refractivity (Wildman–Crippen MR) is 125 cm³/mol. The van der Waals surface area contributed by atoms with Gasteiger partial charge in [0.25, 0.3) is 0 Å². The van der Waals surface area contributed by atoms with Crippen molar-refractivity contribution >= 4 is 22.7 Å². The molecule has 0 aliphatic rings. The van der Waals surface area contributed by atoms with Gasteiger partial charge in [-0.15, -0.1) is 0 Å². The summed E-state index contributed by atoms with van der Waals surface area (Å²) in [5.41, 5.74) is 13.0. The highest BCUT2D eigenvalue weighted by molar-refractivity contribution is 7.98. The van der Waals surface area contributed by atoms with Crippen molar-refractivity contribution in [3.05, 3.63) is 77.7 Å².